The average Bonchev–Trinajstić information content (AvgIpc) is 2.62. The van der Waals surface area contributed by atoms with Crippen LogP contribution in [0.2, 0.25) is 0 Å². The third kappa shape index (κ3) is 2.38. The van der Waals surface area contributed by atoms with Gasteiger partial charge in [-0.05, 0) is 39.3 Å². The second-order valence-corrected chi connectivity index (χ2v) is 6.09. The molecule has 0 radical (unpaired) electrons. The van der Waals surface area contributed by atoms with Gasteiger partial charge in [0, 0.05) is 30.1 Å². The highest BCUT2D eigenvalue weighted by Crippen LogP contribution is 2.23. The van der Waals surface area contributed by atoms with Crippen LogP contribution in [0.15, 0.2) is 6.07 Å². The average molecular weight is 252 g/mol. The van der Waals surface area contributed by atoms with Crippen LogP contribution in [0.1, 0.15) is 34.0 Å². The number of nitrogens with one attached hydrogen (secondary N) is 1. The highest BCUT2D eigenvalue weighted by atomic mass is 32.1. The summed E-state index contributed by atoms with van der Waals surface area (Å²) in [5.41, 5.74) is 1.22. The van der Waals surface area contributed by atoms with E-state index < -0.39 is 0 Å². The summed E-state index contributed by atoms with van der Waals surface area (Å²) in [5, 5.41) is 3.39. The monoisotopic (exact) mass is 252 g/mol. The van der Waals surface area contributed by atoms with Gasteiger partial charge in [0.15, 0.2) is 0 Å². The van der Waals surface area contributed by atoms with E-state index in [9.17, 15) is 4.79 Å². The van der Waals surface area contributed by atoms with E-state index in [2.05, 4.69) is 33.0 Å². The Balaban J connectivity index is 2.19. The topological polar surface area (TPSA) is 32.3 Å². The van der Waals surface area contributed by atoms with Crippen molar-refractivity contribution in [3.05, 3.63) is 21.4 Å². The number of hydrogen-bond acceptors (Lipinski definition) is 3. The van der Waals surface area contributed by atoms with Gasteiger partial charge in [0.1, 0.15) is 0 Å². The standard InChI is InChI=1S/C13H20N2OS/c1-8-7-12(17-11(8)4)13(16)15-6-5-14-9(2)10(15)3/h7,9-10,14H,5-6H2,1-4H3. The Morgan fingerprint density at radius 1 is 1.47 bits per heavy atom. The quantitative estimate of drug-likeness (QED) is 0.831. The molecule has 2 atom stereocenters. The van der Waals surface area contributed by atoms with Gasteiger partial charge in [-0.15, -0.1) is 11.3 Å². The van der Waals surface area contributed by atoms with Gasteiger partial charge in [-0.2, -0.15) is 0 Å². The molecule has 2 heterocycles. The Hall–Kier alpha value is -0.870. The van der Waals surface area contributed by atoms with Crippen molar-refractivity contribution in [3.8, 4) is 0 Å². The Kier molecular flexibility index (Phi) is 3.54. The summed E-state index contributed by atoms with van der Waals surface area (Å²) in [7, 11) is 0. The predicted molar refractivity (Wildman–Crippen MR) is 71.8 cm³/mol. The largest absolute Gasteiger partial charge is 0.332 e. The highest BCUT2D eigenvalue weighted by molar-refractivity contribution is 7.14. The molecule has 0 bridgehead atoms. The molecular weight excluding hydrogens is 232 g/mol. The van der Waals surface area contributed by atoms with E-state index in [4.69, 9.17) is 0 Å². The number of amides is 1. The fraction of sp³-hybridized carbons (Fsp3) is 0.615. The molecule has 1 saturated heterocycles. The zero-order chi connectivity index (χ0) is 12.6. The third-order valence-electron chi connectivity index (χ3n) is 3.67. The van der Waals surface area contributed by atoms with Crippen LogP contribution in [0.3, 0.4) is 0 Å². The summed E-state index contributed by atoms with van der Waals surface area (Å²) in [6, 6.07) is 2.65. The van der Waals surface area contributed by atoms with Gasteiger partial charge < -0.3 is 10.2 Å². The lowest BCUT2D eigenvalue weighted by Gasteiger charge is -2.38. The second kappa shape index (κ2) is 4.78. The first kappa shape index (κ1) is 12.6. The molecule has 94 valence electrons. The summed E-state index contributed by atoms with van der Waals surface area (Å²) in [6.45, 7) is 10.1. The van der Waals surface area contributed by atoms with Gasteiger partial charge >= 0.3 is 0 Å². The molecular formula is C13H20N2OS. The van der Waals surface area contributed by atoms with Crippen molar-refractivity contribution >= 4 is 17.2 Å². The summed E-state index contributed by atoms with van der Waals surface area (Å²) >= 11 is 1.61. The van der Waals surface area contributed by atoms with Crippen molar-refractivity contribution in [2.45, 2.75) is 39.8 Å². The molecule has 1 aliphatic heterocycles. The summed E-state index contributed by atoms with van der Waals surface area (Å²) in [5.74, 6) is 0.187. The lowest BCUT2D eigenvalue weighted by molar-refractivity contribution is 0.0608. The number of thiophene rings is 1. The summed E-state index contributed by atoms with van der Waals surface area (Å²) in [4.78, 5) is 16.5. The molecule has 0 aromatic carbocycles. The number of hydrogen-bond donors (Lipinski definition) is 1. The zero-order valence-corrected chi connectivity index (χ0v) is 11.7. The molecule has 1 amide bonds. The molecule has 3 nitrogen and oxygen atoms in total. The molecule has 0 aliphatic carbocycles. The van der Waals surface area contributed by atoms with Crippen LogP contribution in [-0.4, -0.2) is 36.0 Å². The van der Waals surface area contributed by atoms with Crippen LogP contribution in [0, 0.1) is 13.8 Å². The lowest BCUT2D eigenvalue weighted by atomic mass is 10.1. The fourth-order valence-electron chi connectivity index (χ4n) is 2.16. The van der Waals surface area contributed by atoms with Gasteiger partial charge in [0.2, 0.25) is 0 Å². The summed E-state index contributed by atoms with van der Waals surface area (Å²) < 4.78 is 0. The SMILES string of the molecule is Cc1cc(C(=O)N2CCNC(C)C2C)sc1C. The molecule has 1 aromatic heterocycles. The minimum absolute atomic E-state index is 0.187. The molecule has 2 unspecified atom stereocenters. The van der Waals surface area contributed by atoms with E-state index in [1.165, 1.54) is 10.4 Å². The van der Waals surface area contributed by atoms with Gasteiger partial charge in [-0.1, -0.05) is 0 Å². The molecule has 1 N–H and O–H groups in total. The first-order valence-corrected chi connectivity index (χ1v) is 6.93. The van der Waals surface area contributed by atoms with E-state index in [1.54, 1.807) is 11.3 Å². The molecule has 1 fully saturated rings. The van der Waals surface area contributed by atoms with Crippen LogP contribution >= 0.6 is 11.3 Å². The van der Waals surface area contributed by atoms with Crippen LogP contribution in [0.4, 0.5) is 0 Å². The van der Waals surface area contributed by atoms with Crippen molar-refractivity contribution in [2.24, 2.45) is 0 Å². The van der Waals surface area contributed by atoms with E-state index in [-0.39, 0.29) is 11.9 Å². The van der Waals surface area contributed by atoms with Crippen LogP contribution < -0.4 is 5.32 Å². The molecule has 2 rings (SSSR count). The number of piperazine rings is 1. The van der Waals surface area contributed by atoms with Gasteiger partial charge in [-0.25, -0.2) is 0 Å². The van der Waals surface area contributed by atoms with Crippen LogP contribution in [0.25, 0.3) is 0 Å². The van der Waals surface area contributed by atoms with Gasteiger partial charge in [0.25, 0.3) is 5.91 Å². The maximum absolute atomic E-state index is 12.4. The molecule has 17 heavy (non-hydrogen) atoms. The van der Waals surface area contributed by atoms with E-state index in [1.807, 2.05) is 11.0 Å². The smallest absolute Gasteiger partial charge is 0.264 e. The maximum atomic E-state index is 12.4. The first-order chi connectivity index (χ1) is 8.00. The molecule has 4 heteroatoms. The number of rotatable bonds is 1. The fourth-order valence-corrected chi connectivity index (χ4v) is 3.15. The van der Waals surface area contributed by atoms with Crippen molar-refractivity contribution in [3.63, 3.8) is 0 Å². The lowest BCUT2D eigenvalue weighted by Crippen LogP contribution is -2.57. The molecule has 1 aliphatic rings. The Labute approximate surface area is 107 Å². The van der Waals surface area contributed by atoms with Crippen molar-refractivity contribution in [1.82, 2.24) is 10.2 Å². The normalized spacial score (nSPS) is 25.1. The predicted octanol–water partition coefficient (Wildman–Crippen LogP) is 2.19. The van der Waals surface area contributed by atoms with Crippen LogP contribution in [-0.2, 0) is 0 Å². The Bertz CT molecular complexity index is 408. The van der Waals surface area contributed by atoms with Crippen LogP contribution in [0.5, 0.6) is 0 Å². The van der Waals surface area contributed by atoms with Crippen molar-refractivity contribution in [2.75, 3.05) is 13.1 Å². The first-order valence-electron chi connectivity index (χ1n) is 6.12. The van der Waals surface area contributed by atoms with E-state index >= 15 is 0 Å². The summed E-state index contributed by atoms with van der Waals surface area (Å²) in [6.07, 6.45) is 0. The number of carbonyl (C=O) groups is 1. The minimum Gasteiger partial charge on any atom is -0.332 e. The maximum Gasteiger partial charge on any atom is 0.264 e. The molecule has 1 aromatic rings. The third-order valence-corrected chi connectivity index (χ3v) is 4.81. The Morgan fingerprint density at radius 2 is 2.18 bits per heavy atom. The van der Waals surface area contributed by atoms with Crippen molar-refractivity contribution < 1.29 is 4.79 Å². The minimum atomic E-state index is 0.187. The Morgan fingerprint density at radius 3 is 2.76 bits per heavy atom. The second-order valence-electron chi connectivity index (χ2n) is 4.83. The number of nitrogens with zero attached hydrogens (tertiary/aromatic N) is 1. The van der Waals surface area contributed by atoms with Gasteiger partial charge in [-0.3, -0.25) is 4.79 Å². The van der Waals surface area contributed by atoms with Gasteiger partial charge in [0.05, 0.1) is 4.88 Å². The zero-order valence-electron chi connectivity index (χ0n) is 10.9. The number of carbonyl (C=O) groups excluding carboxylic acids is 1. The number of aryl methyl sites for hydroxylation is 2. The molecule has 0 saturated carbocycles. The molecule has 0 spiro atoms. The van der Waals surface area contributed by atoms with E-state index in [0.717, 1.165) is 18.0 Å². The van der Waals surface area contributed by atoms with E-state index in [0.29, 0.717) is 6.04 Å². The van der Waals surface area contributed by atoms with Crippen molar-refractivity contribution in [1.29, 1.82) is 0 Å². The highest BCUT2D eigenvalue weighted by Gasteiger charge is 2.29.